The van der Waals surface area contributed by atoms with Crippen molar-refractivity contribution in [1.29, 1.82) is 0 Å². The Balaban J connectivity index is 1.96. The molecule has 0 aliphatic carbocycles. The molecular weight excluding hydrogens is 322 g/mol. The largest absolute Gasteiger partial charge is 0.494 e. The molecule has 1 aromatic carbocycles. The van der Waals surface area contributed by atoms with Gasteiger partial charge in [0.2, 0.25) is 5.88 Å². The highest BCUT2D eigenvalue weighted by atomic mass is 16.3. The van der Waals surface area contributed by atoms with Gasteiger partial charge in [-0.3, -0.25) is 19.3 Å². The Kier molecular flexibility index (Phi) is 4.65. The molecule has 7 nitrogen and oxygen atoms in total. The molecule has 0 aliphatic rings. The van der Waals surface area contributed by atoms with Crippen molar-refractivity contribution in [3.63, 3.8) is 0 Å². The van der Waals surface area contributed by atoms with Gasteiger partial charge in [0.25, 0.3) is 5.56 Å². The van der Waals surface area contributed by atoms with Gasteiger partial charge < -0.3 is 9.52 Å². The SMILES string of the molecule is CCc1ccc(N=Cc2c(O)n(Cc3ccco3)c(=O)[nH]c2=O)cc1. The van der Waals surface area contributed by atoms with Crippen LogP contribution in [0.5, 0.6) is 5.88 Å². The fourth-order valence-electron chi connectivity index (χ4n) is 2.35. The van der Waals surface area contributed by atoms with Crippen molar-refractivity contribution >= 4 is 11.9 Å². The van der Waals surface area contributed by atoms with E-state index in [1.54, 1.807) is 12.1 Å². The molecule has 2 N–H and O–H groups in total. The first kappa shape index (κ1) is 16.5. The average Bonchev–Trinajstić information content (AvgIpc) is 3.12. The van der Waals surface area contributed by atoms with E-state index in [-0.39, 0.29) is 12.1 Å². The van der Waals surface area contributed by atoms with E-state index in [0.717, 1.165) is 11.0 Å². The number of aromatic amines is 1. The number of aryl methyl sites for hydroxylation is 1. The second-order valence-electron chi connectivity index (χ2n) is 5.44. The lowest BCUT2D eigenvalue weighted by atomic mass is 10.1. The Morgan fingerprint density at radius 1 is 1.24 bits per heavy atom. The van der Waals surface area contributed by atoms with E-state index in [2.05, 4.69) is 16.9 Å². The van der Waals surface area contributed by atoms with Crippen LogP contribution in [0.4, 0.5) is 5.69 Å². The average molecular weight is 339 g/mol. The molecule has 3 rings (SSSR count). The third kappa shape index (κ3) is 3.60. The van der Waals surface area contributed by atoms with Crippen LogP contribution in [-0.2, 0) is 13.0 Å². The molecule has 25 heavy (non-hydrogen) atoms. The van der Waals surface area contributed by atoms with E-state index in [9.17, 15) is 14.7 Å². The molecule has 0 bridgehead atoms. The van der Waals surface area contributed by atoms with Crippen LogP contribution in [0.1, 0.15) is 23.8 Å². The lowest BCUT2D eigenvalue weighted by Gasteiger charge is -2.07. The molecule has 0 radical (unpaired) electrons. The van der Waals surface area contributed by atoms with E-state index in [4.69, 9.17) is 4.42 Å². The number of benzene rings is 1. The molecule has 0 saturated heterocycles. The van der Waals surface area contributed by atoms with Gasteiger partial charge in [0.05, 0.1) is 18.5 Å². The van der Waals surface area contributed by atoms with Crippen LogP contribution in [-0.4, -0.2) is 20.9 Å². The maximum atomic E-state index is 12.0. The minimum absolute atomic E-state index is 0.000480. The van der Waals surface area contributed by atoms with Crippen LogP contribution in [0.2, 0.25) is 0 Å². The Morgan fingerprint density at radius 2 is 2.00 bits per heavy atom. The van der Waals surface area contributed by atoms with Crippen molar-refractivity contribution in [2.75, 3.05) is 0 Å². The smallest absolute Gasteiger partial charge is 0.331 e. The Labute approximate surface area is 142 Å². The second kappa shape index (κ2) is 7.04. The summed E-state index contributed by atoms with van der Waals surface area (Å²) >= 11 is 0. The standard InChI is InChI=1S/C18H17N3O4/c1-2-12-5-7-13(8-6-12)19-10-15-16(22)20-18(24)21(17(15)23)11-14-4-3-9-25-14/h3-10,23H,2,11H2,1H3,(H,20,22,24). The van der Waals surface area contributed by atoms with Crippen molar-refractivity contribution < 1.29 is 9.52 Å². The number of aromatic nitrogens is 2. The summed E-state index contributed by atoms with van der Waals surface area (Å²) in [5.74, 6) is 0.0153. The molecule has 0 amide bonds. The van der Waals surface area contributed by atoms with Gasteiger partial charge in [-0.2, -0.15) is 0 Å². The summed E-state index contributed by atoms with van der Waals surface area (Å²) in [6.45, 7) is 2.05. The molecule has 7 heteroatoms. The van der Waals surface area contributed by atoms with Gasteiger partial charge in [0, 0.05) is 6.21 Å². The monoisotopic (exact) mass is 339 g/mol. The molecule has 0 unspecified atom stereocenters. The van der Waals surface area contributed by atoms with E-state index in [1.807, 2.05) is 24.3 Å². The molecular formula is C18H17N3O4. The van der Waals surface area contributed by atoms with Crippen LogP contribution < -0.4 is 11.2 Å². The molecule has 3 aromatic rings. The van der Waals surface area contributed by atoms with Gasteiger partial charge in [-0.15, -0.1) is 0 Å². The Morgan fingerprint density at radius 3 is 2.64 bits per heavy atom. The maximum absolute atomic E-state index is 12.0. The number of hydrogen-bond donors (Lipinski definition) is 2. The normalized spacial score (nSPS) is 11.2. The predicted molar refractivity (Wildman–Crippen MR) is 93.9 cm³/mol. The van der Waals surface area contributed by atoms with Gasteiger partial charge in [-0.25, -0.2) is 4.79 Å². The van der Waals surface area contributed by atoms with Crippen LogP contribution in [0, 0.1) is 0 Å². The zero-order chi connectivity index (χ0) is 17.8. The van der Waals surface area contributed by atoms with Crippen LogP contribution in [0.15, 0.2) is 61.7 Å². The summed E-state index contributed by atoms with van der Waals surface area (Å²) in [4.78, 5) is 30.3. The summed E-state index contributed by atoms with van der Waals surface area (Å²) in [7, 11) is 0. The number of aromatic hydroxyl groups is 1. The van der Waals surface area contributed by atoms with Crippen molar-refractivity contribution in [2.45, 2.75) is 19.9 Å². The van der Waals surface area contributed by atoms with E-state index >= 15 is 0 Å². The summed E-state index contributed by atoms with van der Waals surface area (Å²) in [5.41, 5.74) is 0.299. The number of furan rings is 1. The summed E-state index contributed by atoms with van der Waals surface area (Å²) in [5, 5.41) is 10.3. The fraction of sp³-hybridized carbons (Fsp3) is 0.167. The zero-order valence-electron chi connectivity index (χ0n) is 13.6. The molecule has 0 atom stereocenters. The lowest BCUT2D eigenvalue weighted by Crippen LogP contribution is -2.32. The third-order valence-electron chi connectivity index (χ3n) is 3.79. The van der Waals surface area contributed by atoms with E-state index in [0.29, 0.717) is 11.4 Å². The second-order valence-corrected chi connectivity index (χ2v) is 5.44. The number of nitrogens with zero attached hydrogens (tertiary/aromatic N) is 2. The molecule has 0 saturated carbocycles. The summed E-state index contributed by atoms with van der Waals surface area (Å²) in [6, 6.07) is 10.9. The van der Waals surface area contributed by atoms with Crippen molar-refractivity contribution in [3.8, 4) is 5.88 Å². The van der Waals surface area contributed by atoms with Gasteiger partial charge in [-0.05, 0) is 36.2 Å². The maximum Gasteiger partial charge on any atom is 0.331 e. The van der Waals surface area contributed by atoms with Crippen LogP contribution >= 0.6 is 0 Å². The first-order valence-corrected chi connectivity index (χ1v) is 7.80. The quantitative estimate of drug-likeness (QED) is 0.696. The molecule has 0 spiro atoms. The number of H-pyrrole nitrogens is 1. The van der Waals surface area contributed by atoms with Gasteiger partial charge in [-0.1, -0.05) is 19.1 Å². The highest BCUT2D eigenvalue weighted by Crippen LogP contribution is 2.15. The van der Waals surface area contributed by atoms with Crippen LogP contribution in [0.3, 0.4) is 0 Å². The summed E-state index contributed by atoms with van der Waals surface area (Å²) < 4.78 is 6.19. The Bertz CT molecular complexity index is 996. The number of rotatable bonds is 5. The predicted octanol–water partition coefficient (Wildman–Crippen LogP) is 2.20. The Hall–Kier alpha value is -3.35. The zero-order valence-corrected chi connectivity index (χ0v) is 13.6. The van der Waals surface area contributed by atoms with Crippen molar-refractivity contribution in [3.05, 3.63) is 80.4 Å². The highest BCUT2D eigenvalue weighted by molar-refractivity contribution is 5.84. The molecule has 0 fully saturated rings. The number of nitrogens with one attached hydrogen (secondary N) is 1. The molecule has 2 aromatic heterocycles. The first-order chi connectivity index (χ1) is 12.1. The van der Waals surface area contributed by atoms with Gasteiger partial charge in [0.1, 0.15) is 11.3 Å². The van der Waals surface area contributed by atoms with E-state index < -0.39 is 17.1 Å². The topological polar surface area (TPSA) is 101 Å². The highest BCUT2D eigenvalue weighted by Gasteiger charge is 2.13. The molecule has 128 valence electrons. The fourth-order valence-corrected chi connectivity index (χ4v) is 2.35. The van der Waals surface area contributed by atoms with Crippen molar-refractivity contribution in [2.24, 2.45) is 4.99 Å². The first-order valence-electron chi connectivity index (χ1n) is 7.80. The number of aliphatic imine (C=N–C) groups is 1. The minimum atomic E-state index is -0.719. The van der Waals surface area contributed by atoms with Crippen molar-refractivity contribution in [1.82, 2.24) is 9.55 Å². The van der Waals surface area contributed by atoms with Crippen LogP contribution in [0.25, 0.3) is 0 Å². The third-order valence-corrected chi connectivity index (χ3v) is 3.79. The van der Waals surface area contributed by atoms with Gasteiger partial charge in [0.15, 0.2) is 0 Å². The van der Waals surface area contributed by atoms with Gasteiger partial charge >= 0.3 is 5.69 Å². The van der Waals surface area contributed by atoms with E-state index in [1.165, 1.54) is 18.0 Å². The lowest BCUT2D eigenvalue weighted by molar-refractivity contribution is 0.392. The number of hydrogen-bond acceptors (Lipinski definition) is 5. The minimum Gasteiger partial charge on any atom is -0.494 e. The molecule has 2 heterocycles. The molecule has 0 aliphatic heterocycles. The summed E-state index contributed by atoms with van der Waals surface area (Å²) in [6.07, 6.45) is 3.63.